The number of hydrogen-bond donors (Lipinski definition) is 0. The fraction of sp³-hybridized carbons (Fsp3) is 0.269. The van der Waals surface area contributed by atoms with Gasteiger partial charge in [-0.25, -0.2) is 17.1 Å². The Bertz CT molecular complexity index is 1400. The molecule has 1 aliphatic carbocycles. The number of hydrogen-bond acceptors (Lipinski definition) is 5. The quantitative estimate of drug-likeness (QED) is 0.503. The smallest absolute Gasteiger partial charge is 0.242 e. The number of nitrogens with zero attached hydrogens (tertiary/aromatic N) is 1. The molecule has 176 valence electrons. The van der Waals surface area contributed by atoms with Crippen LogP contribution in [0.25, 0.3) is 11.1 Å². The minimum absolute atomic E-state index is 0.0497. The Morgan fingerprint density at radius 1 is 0.971 bits per heavy atom. The van der Waals surface area contributed by atoms with Crippen molar-refractivity contribution in [1.82, 2.24) is 4.31 Å². The Kier molecular flexibility index (Phi) is 5.45. The maximum absolute atomic E-state index is 14.7. The summed E-state index contributed by atoms with van der Waals surface area (Å²) < 4.78 is 51.7. The highest BCUT2D eigenvalue weighted by atomic mass is 32.2. The van der Waals surface area contributed by atoms with Gasteiger partial charge in [0.1, 0.15) is 11.6 Å². The second-order valence-electron chi connectivity index (χ2n) is 8.87. The van der Waals surface area contributed by atoms with Gasteiger partial charge in [0, 0.05) is 20.5 Å². The van der Waals surface area contributed by atoms with Gasteiger partial charge in [-0.3, -0.25) is 4.79 Å². The van der Waals surface area contributed by atoms with Gasteiger partial charge in [-0.2, -0.15) is 0 Å². The van der Waals surface area contributed by atoms with E-state index in [0.29, 0.717) is 35.5 Å². The van der Waals surface area contributed by atoms with E-state index in [2.05, 4.69) is 0 Å². The maximum atomic E-state index is 14.7. The summed E-state index contributed by atoms with van der Waals surface area (Å²) in [6, 6.07) is 16.6. The van der Waals surface area contributed by atoms with Crippen LogP contribution in [0.2, 0.25) is 0 Å². The van der Waals surface area contributed by atoms with Crippen molar-refractivity contribution in [1.29, 1.82) is 0 Å². The van der Waals surface area contributed by atoms with Crippen molar-refractivity contribution in [3.8, 4) is 22.6 Å². The summed E-state index contributed by atoms with van der Waals surface area (Å²) in [6.45, 7) is 0.161. The first-order chi connectivity index (χ1) is 16.2. The van der Waals surface area contributed by atoms with Gasteiger partial charge in [0.25, 0.3) is 0 Å². The van der Waals surface area contributed by atoms with Crippen LogP contribution >= 0.6 is 0 Å². The summed E-state index contributed by atoms with van der Waals surface area (Å²) in [5.41, 5.74) is 1.79. The minimum atomic E-state index is -3.60. The van der Waals surface area contributed by atoms with Crippen LogP contribution in [0.4, 0.5) is 4.39 Å². The second kappa shape index (κ2) is 8.21. The molecule has 2 aliphatic rings. The minimum Gasteiger partial charge on any atom is -0.454 e. The third-order valence-corrected chi connectivity index (χ3v) is 8.36. The topological polar surface area (TPSA) is 72.9 Å². The van der Waals surface area contributed by atoms with Gasteiger partial charge in [0.15, 0.2) is 11.5 Å². The second-order valence-corrected chi connectivity index (χ2v) is 11.0. The van der Waals surface area contributed by atoms with Crippen LogP contribution in [0.3, 0.4) is 0 Å². The average Bonchev–Trinajstić information content (AvgIpc) is 3.51. The predicted molar refractivity (Wildman–Crippen MR) is 125 cm³/mol. The first-order valence-corrected chi connectivity index (χ1v) is 12.4. The SMILES string of the molecule is CN(C)S(=O)(=O)c1cccc(-c2ccc(F)c(CC(=O)C3(c4ccc5c(c4)OCO5)CC3)c2)c1. The Morgan fingerprint density at radius 3 is 2.44 bits per heavy atom. The number of ether oxygens (including phenoxy) is 2. The molecule has 0 unspecified atom stereocenters. The van der Waals surface area contributed by atoms with Crippen molar-refractivity contribution in [2.24, 2.45) is 0 Å². The zero-order chi connectivity index (χ0) is 24.1. The van der Waals surface area contributed by atoms with Crippen molar-refractivity contribution in [2.75, 3.05) is 20.9 Å². The predicted octanol–water partition coefficient (Wildman–Crippen LogP) is 4.32. The molecule has 8 heteroatoms. The van der Waals surface area contributed by atoms with Crippen LogP contribution in [0.15, 0.2) is 65.6 Å². The highest BCUT2D eigenvalue weighted by molar-refractivity contribution is 7.89. The molecule has 0 saturated heterocycles. The molecule has 1 heterocycles. The average molecular weight is 482 g/mol. The number of carbonyl (C=O) groups is 1. The molecule has 6 nitrogen and oxygen atoms in total. The van der Waals surface area contributed by atoms with Crippen molar-refractivity contribution >= 4 is 15.8 Å². The Hall–Kier alpha value is -3.23. The van der Waals surface area contributed by atoms with Crippen molar-refractivity contribution < 1.29 is 27.1 Å². The summed E-state index contributed by atoms with van der Waals surface area (Å²) in [5, 5.41) is 0. The monoisotopic (exact) mass is 481 g/mol. The number of rotatable bonds is 7. The number of benzene rings is 3. The van der Waals surface area contributed by atoms with E-state index in [1.54, 1.807) is 36.4 Å². The Morgan fingerprint density at radius 2 is 1.71 bits per heavy atom. The van der Waals surface area contributed by atoms with Crippen LogP contribution in [-0.4, -0.2) is 39.4 Å². The number of ketones is 1. The van der Waals surface area contributed by atoms with E-state index in [4.69, 9.17) is 9.47 Å². The summed E-state index contributed by atoms with van der Waals surface area (Å²) >= 11 is 0. The zero-order valence-corrected chi connectivity index (χ0v) is 19.7. The van der Waals surface area contributed by atoms with Gasteiger partial charge in [0.05, 0.1) is 10.3 Å². The van der Waals surface area contributed by atoms with E-state index in [-0.39, 0.29) is 29.5 Å². The molecule has 1 saturated carbocycles. The first kappa shape index (κ1) is 22.6. The molecule has 0 amide bonds. The van der Waals surface area contributed by atoms with Crippen molar-refractivity contribution in [3.05, 3.63) is 77.6 Å². The van der Waals surface area contributed by atoms with Gasteiger partial charge >= 0.3 is 0 Å². The number of fused-ring (bicyclic) bond motifs is 1. The van der Waals surface area contributed by atoms with E-state index in [0.717, 1.165) is 9.87 Å². The molecule has 0 radical (unpaired) electrons. The zero-order valence-electron chi connectivity index (χ0n) is 18.9. The molecular weight excluding hydrogens is 457 g/mol. The third kappa shape index (κ3) is 3.86. The molecule has 0 spiro atoms. The van der Waals surface area contributed by atoms with Crippen molar-refractivity contribution in [2.45, 2.75) is 29.6 Å². The largest absolute Gasteiger partial charge is 0.454 e. The van der Waals surface area contributed by atoms with Crippen LogP contribution in [0, 0.1) is 5.82 Å². The third-order valence-electron chi connectivity index (χ3n) is 6.55. The van der Waals surface area contributed by atoms with Crippen LogP contribution in [0.1, 0.15) is 24.0 Å². The fourth-order valence-electron chi connectivity index (χ4n) is 4.33. The fourth-order valence-corrected chi connectivity index (χ4v) is 5.27. The number of Topliss-reactive ketones (excluding diaryl/α,β-unsaturated/α-hetero) is 1. The van der Waals surface area contributed by atoms with E-state index in [1.807, 2.05) is 12.1 Å². The van der Waals surface area contributed by atoms with E-state index in [9.17, 15) is 17.6 Å². The molecule has 3 aromatic carbocycles. The van der Waals surface area contributed by atoms with Crippen LogP contribution in [0.5, 0.6) is 11.5 Å². The van der Waals surface area contributed by atoms with Crippen molar-refractivity contribution in [3.63, 3.8) is 0 Å². The molecule has 1 fully saturated rings. The molecule has 0 aromatic heterocycles. The number of sulfonamides is 1. The molecular formula is C26H24FNO5S. The molecule has 34 heavy (non-hydrogen) atoms. The summed E-state index contributed by atoms with van der Waals surface area (Å²) in [6.07, 6.45) is 1.36. The maximum Gasteiger partial charge on any atom is 0.242 e. The highest BCUT2D eigenvalue weighted by Crippen LogP contribution is 2.51. The van der Waals surface area contributed by atoms with Gasteiger partial charge in [0.2, 0.25) is 16.8 Å². The Balaban J connectivity index is 1.43. The van der Waals surface area contributed by atoms with Gasteiger partial charge in [-0.05, 0) is 71.5 Å². The lowest BCUT2D eigenvalue weighted by molar-refractivity contribution is -0.120. The summed E-state index contributed by atoms with van der Waals surface area (Å²) in [4.78, 5) is 13.5. The summed E-state index contributed by atoms with van der Waals surface area (Å²) in [5.74, 6) is 0.767. The van der Waals surface area contributed by atoms with E-state index < -0.39 is 21.3 Å². The molecule has 1 aliphatic heterocycles. The standard InChI is InChI=1S/C26H24FNO5S/c1-28(2)34(30,31)21-5-3-4-17(13-21)18-6-8-22(27)19(12-18)14-25(29)26(10-11-26)20-7-9-23-24(15-20)33-16-32-23/h3-9,12-13,15H,10-11,14,16H2,1-2H3. The number of carbonyl (C=O) groups excluding carboxylic acids is 1. The lowest BCUT2D eigenvalue weighted by Crippen LogP contribution is -2.23. The van der Waals surface area contributed by atoms with E-state index in [1.165, 1.54) is 26.2 Å². The van der Waals surface area contributed by atoms with E-state index >= 15 is 0 Å². The lowest BCUT2D eigenvalue weighted by atomic mass is 9.87. The highest BCUT2D eigenvalue weighted by Gasteiger charge is 2.51. The van der Waals surface area contributed by atoms with Crippen LogP contribution in [-0.2, 0) is 26.7 Å². The normalized spacial score (nSPS) is 16.0. The molecule has 0 N–H and O–H groups in total. The number of halogens is 1. The first-order valence-electron chi connectivity index (χ1n) is 11.0. The van der Waals surface area contributed by atoms with Gasteiger partial charge < -0.3 is 9.47 Å². The van der Waals surface area contributed by atoms with Crippen LogP contribution < -0.4 is 9.47 Å². The molecule has 0 atom stereocenters. The molecule has 5 rings (SSSR count). The lowest BCUT2D eigenvalue weighted by Gasteiger charge is -2.16. The molecule has 3 aromatic rings. The molecule has 0 bridgehead atoms. The van der Waals surface area contributed by atoms with Gasteiger partial charge in [-0.15, -0.1) is 0 Å². The Labute approximate surface area is 198 Å². The van der Waals surface area contributed by atoms with Gasteiger partial charge in [-0.1, -0.05) is 24.3 Å². The summed E-state index contributed by atoms with van der Waals surface area (Å²) in [7, 11) is -0.665.